The van der Waals surface area contributed by atoms with E-state index >= 15 is 0 Å². The first kappa shape index (κ1) is 42.1. The van der Waals surface area contributed by atoms with Gasteiger partial charge in [-0.1, -0.05) is 123 Å². The van der Waals surface area contributed by atoms with Gasteiger partial charge in [0.15, 0.2) is 0 Å². The molecule has 2 N–H and O–H groups in total. The van der Waals surface area contributed by atoms with Gasteiger partial charge in [0, 0.05) is 49.9 Å². The van der Waals surface area contributed by atoms with Crippen LogP contribution >= 0.6 is 0 Å². The van der Waals surface area contributed by atoms with E-state index in [1.54, 1.807) is 0 Å². The molecule has 0 saturated carbocycles. The van der Waals surface area contributed by atoms with Gasteiger partial charge in [-0.2, -0.15) is 0 Å². The van der Waals surface area contributed by atoms with Crippen molar-refractivity contribution < 1.29 is 19.7 Å². The van der Waals surface area contributed by atoms with E-state index in [-0.39, 0.29) is 11.5 Å². The molecule has 3 aliphatic rings. The van der Waals surface area contributed by atoms with E-state index in [2.05, 4.69) is 135 Å². The van der Waals surface area contributed by atoms with Gasteiger partial charge >= 0.3 is 0 Å². The van der Waals surface area contributed by atoms with E-state index in [1.807, 2.05) is 48.8 Å². The number of hydrogen-bond donors (Lipinski definition) is 2. The maximum atomic E-state index is 12.2. The largest absolute Gasteiger partial charge is 0.507 e. The summed E-state index contributed by atoms with van der Waals surface area (Å²) in [5, 5.41) is 24.4. The molecule has 6 nitrogen and oxygen atoms in total. The Labute approximate surface area is 377 Å². The molecule has 6 aromatic rings. The Morgan fingerprint density at radius 2 is 0.797 bits per heavy atom. The number of aromatic hydroxyl groups is 2. The molecule has 6 aromatic carbocycles. The third-order valence-corrected chi connectivity index (χ3v) is 12.1. The SMILES string of the molecule is CCCOc1c2cccc1Cc1cc(C=Nc3ccc(C4C=CC=C4)cc3)cc(c1O)Cc1cccc(c1OCCC)Cc1cc(C=Nc3ccc(C4C=CC=C4)cc3)cc(c1O)C2. The molecule has 64 heavy (non-hydrogen) atoms. The van der Waals surface area contributed by atoms with Gasteiger partial charge in [0.05, 0.1) is 24.6 Å². The number of rotatable bonds is 12. The Hall–Kier alpha value is -7.18. The zero-order valence-corrected chi connectivity index (χ0v) is 36.6. The van der Waals surface area contributed by atoms with Gasteiger partial charge in [-0.05, 0) is 128 Å². The van der Waals surface area contributed by atoms with Crippen molar-refractivity contribution in [2.45, 2.75) is 64.2 Å². The summed E-state index contributed by atoms with van der Waals surface area (Å²) >= 11 is 0. The van der Waals surface area contributed by atoms with Crippen LogP contribution in [0.3, 0.4) is 0 Å². The average molecular weight is 843 g/mol. The highest BCUT2D eigenvalue weighted by Gasteiger charge is 2.22. The summed E-state index contributed by atoms with van der Waals surface area (Å²) in [7, 11) is 0. The Morgan fingerprint density at radius 3 is 1.11 bits per heavy atom. The first-order valence-electron chi connectivity index (χ1n) is 22.6. The lowest BCUT2D eigenvalue weighted by molar-refractivity contribution is 0.311. The number of para-hydroxylation sites is 2. The molecule has 0 fully saturated rings. The summed E-state index contributed by atoms with van der Waals surface area (Å²) in [4.78, 5) is 9.82. The highest BCUT2D eigenvalue weighted by Crippen LogP contribution is 2.39. The molecule has 9 rings (SSSR count). The number of hydrogen-bond acceptors (Lipinski definition) is 6. The predicted molar refractivity (Wildman–Crippen MR) is 261 cm³/mol. The van der Waals surface area contributed by atoms with Gasteiger partial charge < -0.3 is 19.7 Å². The standard InChI is InChI=1S/C58H54N2O4/c1-3-27-63-57-45-15-9-16-46(57)34-50-30-40(38-60-54-25-21-44(22-26-54)42-13-7-8-14-42)32-52(56(50)62)36-48-18-10-17-47(58(48)64-28-4-2)35-51-31-39(29-49(33-45)55(51)61)37-59-53-23-19-43(20-24-53)41-11-5-6-12-41/h5-26,29-32,37-38,41-42,61-62H,3-4,27-28,33-36H2,1-2H3. The van der Waals surface area contributed by atoms with Crippen LogP contribution in [0, 0.1) is 0 Å². The van der Waals surface area contributed by atoms with Crippen LogP contribution in [0.15, 0.2) is 168 Å². The molecule has 0 unspecified atom stereocenters. The third-order valence-electron chi connectivity index (χ3n) is 12.1. The second-order valence-corrected chi connectivity index (χ2v) is 16.9. The summed E-state index contributed by atoms with van der Waals surface area (Å²) in [6.07, 6.45) is 24.3. The summed E-state index contributed by atoms with van der Waals surface area (Å²) in [6.45, 7) is 5.27. The van der Waals surface area contributed by atoms with Gasteiger partial charge in [-0.25, -0.2) is 0 Å². The number of fused-ring (bicyclic) bond motifs is 8. The number of ether oxygens (including phenoxy) is 2. The Morgan fingerprint density at radius 1 is 0.469 bits per heavy atom. The molecule has 0 radical (unpaired) electrons. The van der Waals surface area contributed by atoms with Crippen LogP contribution in [-0.2, 0) is 25.7 Å². The molecule has 0 atom stereocenters. The van der Waals surface area contributed by atoms with E-state index in [0.29, 0.717) is 50.7 Å². The van der Waals surface area contributed by atoms with Crippen molar-refractivity contribution in [2.75, 3.05) is 13.2 Å². The fourth-order valence-corrected chi connectivity index (χ4v) is 8.87. The molecule has 0 heterocycles. The number of aliphatic imine (C=N–C) groups is 2. The van der Waals surface area contributed by atoms with Gasteiger partial charge in [0.2, 0.25) is 0 Å². The lowest BCUT2D eigenvalue weighted by atomic mass is 9.90. The second kappa shape index (κ2) is 19.5. The molecule has 6 heteroatoms. The quantitative estimate of drug-likeness (QED) is 0.120. The molecule has 0 aliphatic heterocycles. The van der Waals surface area contributed by atoms with E-state index in [4.69, 9.17) is 19.5 Å². The van der Waals surface area contributed by atoms with Gasteiger partial charge in [-0.3, -0.25) is 9.98 Å². The highest BCUT2D eigenvalue weighted by atomic mass is 16.5. The maximum Gasteiger partial charge on any atom is 0.126 e. The lowest BCUT2D eigenvalue weighted by Crippen LogP contribution is -2.07. The van der Waals surface area contributed by atoms with Crippen molar-refractivity contribution >= 4 is 23.8 Å². The van der Waals surface area contributed by atoms with Crippen LogP contribution in [-0.4, -0.2) is 35.9 Å². The molecular weight excluding hydrogens is 789 g/mol. The molecule has 0 aromatic heterocycles. The van der Waals surface area contributed by atoms with Crippen molar-refractivity contribution in [1.82, 2.24) is 0 Å². The Bertz CT molecular complexity index is 2520. The van der Waals surface area contributed by atoms with E-state index in [0.717, 1.165) is 91.3 Å². The minimum absolute atomic E-state index is 0.249. The number of phenols is 2. The number of phenolic OH excluding ortho intramolecular Hbond substituents is 2. The Balaban J connectivity index is 1.13. The van der Waals surface area contributed by atoms with Crippen molar-refractivity contribution in [3.63, 3.8) is 0 Å². The van der Waals surface area contributed by atoms with Crippen LogP contribution in [0.1, 0.15) is 105 Å². The van der Waals surface area contributed by atoms with E-state index < -0.39 is 0 Å². The molecule has 320 valence electrons. The van der Waals surface area contributed by atoms with Crippen LogP contribution in [0.4, 0.5) is 11.4 Å². The fourth-order valence-electron chi connectivity index (χ4n) is 8.87. The minimum Gasteiger partial charge on any atom is -0.507 e. The molecule has 0 saturated heterocycles. The van der Waals surface area contributed by atoms with Crippen molar-refractivity contribution in [2.24, 2.45) is 9.98 Å². The van der Waals surface area contributed by atoms with Crippen molar-refractivity contribution in [3.05, 3.63) is 225 Å². The van der Waals surface area contributed by atoms with Crippen molar-refractivity contribution in [3.8, 4) is 23.0 Å². The second-order valence-electron chi connectivity index (χ2n) is 16.9. The molecular formula is C58H54N2O4. The first-order valence-corrected chi connectivity index (χ1v) is 22.6. The number of allylic oxidation sites excluding steroid dienone is 8. The third kappa shape index (κ3) is 9.57. The van der Waals surface area contributed by atoms with Crippen LogP contribution < -0.4 is 9.47 Å². The molecule has 3 aliphatic carbocycles. The van der Waals surface area contributed by atoms with Crippen LogP contribution in [0.2, 0.25) is 0 Å². The van der Waals surface area contributed by atoms with Crippen molar-refractivity contribution in [1.29, 1.82) is 0 Å². The molecule has 0 spiro atoms. The summed E-state index contributed by atoms with van der Waals surface area (Å²) in [5.74, 6) is 2.63. The van der Waals surface area contributed by atoms with E-state index in [1.165, 1.54) is 11.1 Å². The minimum atomic E-state index is 0.249. The summed E-state index contributed by atoms with van der Waals surface area (Å²) in [6, 6.07) is 37.3. The number of benzene rings is 6. The van der Waals surface area contributed by atoms with Gasteiger partial charge in [0.1, 0.15) is 23.0 Å². The van der Waals surface area contributed by atoms with Crippen LogP contribution in [0.25, 0.3) is 0 Å². The Kier molecular flexibility index (Phi) is 12.8. The average Bonchev–Trinajstić information content (AvgIpc) is 4.07. The zero-order chi connectivity index (χ0) is 43.8. The number of nitrogens with zero attached hydrogens (tertiary/aromatic N) is 2. The normalized spacial score (nSPS) is 14.7. The smallest absolute Gasteiger partial charge is 0.126 e. The lowest BCUT2D eigenvalue weighted by Gasteiger charge is -2.21. The predicted octanol–water partition coefficient (Wildman–Crippen LogP) is 13.3. The first-order chi connectivity index (χ1) is 31.4. The maximum absolute atomic E-state index is 12.2. The monoisotopic (exact) mass is 842 g/mol. The van der Waals surface area contributed by atoms with Gasteiger partial charge in [-0.15, -0.1) is 0 Å². The zero-order valence-electron chi connectivity index (χ0n) is 36.6. The molecule has 0 amide bonds. The summed E-state index contributed by atoms with van der Waals surface area (Å²) in [5.41, 5.74) is 12.9. The summed E-state index contributed by atoms with van der Waals surface area (Å²) < 4.78 is 13.2. The van der Waals surface area contributed by atoms with Gasteiger partial charge in [0.25, 0.3) is 0 Å². The van der Waals surface area contributed by atoms with Crippen LogP contribution in [0.5, 0.6) is 23.0 Å². The fraction of sp³-hybridized carbons (Fsp3) is 0.207. The highest BCUT2D eigenvalue weighted by molar-refractivity contribution is 5.84. The topological polar surface area (TPSA) is 83.6 Å². The van der Waals surface area contributed by atoms with E-state index in [9.17, 15) is 10.2 Å². The molecule has 8 bridgehead atoms.